The van der Waals surface area contributed by atoms with Crippen LogP contribution in [0.5, 0.6) is 0 Å². The van der Waals surface area contributed by atoms with E-state index in [4.69, 9.17) is 0 Å². The number of halogens is 1. The molecule has 1 aromatic carbocycles. The molecule has 0 radical (unpaired) electrons. The largest absolute Gasteiger partial charge is 0.468 e. The number of hydrogen-bond donors (Lipinski definition) is 0. The van der Waals surface area contributed by atoms with Crippen LogP contribution in [-0.2, 0) is 9.53 Å². The average molecular weight is 285 g/mol. The highest BCUT2D eigenvalue weighted by Gasteiger charge is 2.09. The van der Waals surface area contributed by atoms with E-state index in [2.05, 4.69) is 16.6 Å². The van der Waals surface area contributed by atoms with Crippen LogP contribution in [-0.4, -0.2) is 43.4 Å². The summed E-state index contributed by atoms with van der Waals surface area (Å²) in [6.45, 7) is 4.09. The van der Waals surface area contributed by atoms with E-state index >= 15 is 0 Å². The summed E-state index contributed by atoms with van der Waals surface area (Å²) in [7, 11) is 1.40. The maximum absolute atomic E-state index is 12.8. The summed E-state index contributed by atoms with van der Waals surface area (Å²) in [5.74, 6) is 0.436. The zero-order valence-electron chi connectivity index (χ0n) is 11.4. The van der Waals surface area contributed by atoms with Gasteiger partial charge in [0, 0.05) is 17.2 Å². The normalized spacial score (nSPS) is 10.7. The Morgan fingerprint density at radius 1 is 1.32 bits per heavy atom. The molecule has 1 rings (SSSR count). The Kier molecular flexibility index (Phi) is 7.52. The molecule has 0 aliphatic rings. The van der Waals surface area contributed by atoms with Crippen LogP contribution >= 0.6 is 11.8 Å². The standard InChI is InChI=1S/C14H20FNO2S/c1-3-8-16(11-14(17)18-2)9-10-19-13-6-4-12(15)5-7-13/h4-7H,3,8-11H2,1-2H3. The fraction of sp³-hybridized carbons (Fsp3) is 0.500. The van der Waals surface area contributed by atoms with Crippen molar-refractivity contribution in [2.45, 2.75) is 18.2 Å². The maximum Gasteiger partial charge on any atom is 0.319 e. The van der Waals surface area contributed by atoms with Gasteiger partial charge in [-0.15, -0.1) is 11.8 Å². The van der Waals surface area contributed by atoms with Gasteiger partial charge in [-0.1, -0.05) is 6.92 Å². The number of benzene rings is 1. The molecule has 0 saturated carbocycles. The number of hydrogen-bond acceptors (Lipinski definition) is 4. The van der Waals surface area contributed by atoms with Crippen LogP contribution in [0.1, 0.15) is 13.3 Å². The molecule has 0 spiro atoms. The number of rotatable bonds is 8. The Bertz CT molecular complexity index is 384. The van der Waals surface area contributed by atoms with Crippen LogP contribution in [0.4, 0.5) is 4.39 Å². The highest BCUT2D eigenvalue weighted by Crippen LogP contribution is 2.18. The van der Waals surface area contributed by atoms with Crippen molar-refractivity contribution in [1.29, 1.82) is 0 Å². The second-order valence-electron chi connectivity index (χ2n) is 4.15. The van der Waals surface area contributed by atoms with Gasteiger partial charge in [-0.05, 0) is 37.2 Å². The van der Waals surface area contributed by atoms with E-state index < -0.39 is 0 Å². The molecule has 19 heavy (non-hydrogen) atoms. The number of methoxy groups -OCH3 is 1. The topological polar surface area (TPSA) is 29.5 Å². The summed E-state index contributed by atoms with van der Waals surface area (Å²) >= 11 is 1.66. The smallest absolute Gasteiger partial charge is 0.319 e. The first-order chi connectivity index (χ1) is 9.15. The minimum absolute atomic E-state index is 0.208. The van der Waals surface area contributed by atoms with Crippen LogP contribution < -0.4 is 0 Å². The Balaban J connectivity index is 2.34. The summed E-state index contributed by atoms with van der Waals surface area (Å²) in [5.41, 5.74) is 0. The molecule has 0 amide bonds. The summed E-state index contributed by atoms with van der Waals surface area (Å²) in [4.78, 5) is 14.4. The highest BCUT2D eigenvalue weighted by atomic mass is 32.2. The lowest BCUT2D eigenvalue weighted by Crippen LogP contribution is -2.33. The Morgan fingerprint density at radius 3 is 2.58 bits per heavy atom. The fourth-order valence-electron chi connectivity index (χ4n) is 1.66. The molecule has 0 aliphatic heterocycles. The van der Waals surface area contributed by atoms with Crippen LogP contribution in [0.3, 0.4) is 0 Å². The fourth-order valence-corrected chi connectivity index (χ4v) is 2.57. The molecule has 0 heterocycles. The van der Waals surface area contributed by atoms with Crippen molar-refractivity contribution in [2.24, 2.45) is 0 Å². The van der Waals surface area contributed by atoms with Crippen molar-refractivity contribution in [3.05, 3.63) is 30.1 Å². The van der Waals surface area contributed by atoms with E-state index in [0.717, 1.165) is 30.2 Å². The van der Waals surface area contributed by atoms with Crippen molar-refractivity contribution in [3.63, 3.8) is 0 Å². The van der Waals surface area contributed by atoms with E-state index in [9.17, 15) is 9.18 Å². The molecule has 0 aliphatic carbocycles. The Labute approximate surface area is 118 Å². The SMILES string of the molecule is CCCN(CCSc1ccc(F)cc1)CC(=O)OC. The van der Waals surface area contributed by atoms with Crippen LogP contribution in [0, 0.1) is 5.82 Å². The first-order valence-electron chi connectivity index (χ1n) is 6.33. The number of thioether (sulfide) groups is 1. The number of carbonyl (C=O) groups is 1. The van der Waals surface area contributed by atoms with E-state index in [1.807, 2.05) is 0 Å². The van der Waals surface area contributed by atoms with Gasteiger partial charge >= 0.3 is 5.97 Å². The van der Waals surface area contributed by atoms with Gasteiger partial charge in [0.2, 0.25) is 0 Å². The molecule has 0 aromatic heterocycles. The first kappa shape index (κ1) is 16.0. The molecule has 0 saturated heterocycles. The van der Waals surface area contributed by atoms with Crippen molar-refractivity contribution < 1.29 is 13.9 Å². The molecule has 5 heteroatoms. The molecule has 3 nitrogen and oxygen atoms in total. The number of nitrogens with zero attached hydrogens (tertiary/aromatic N) is 1. The van der Waals surface area contributed by atoms with Crippen molar-refractivity contribution in [3.8, 4) is 0 Å². The third kappa shape index (κ3) is 6.59. The molecule has 0 bridgehead atoms. The first-order valence-corrected chi connectivity index (χ1v) is 7.31. The van der Waals surface area contributed by atoms with Gasteiger partial charge in [-0.25, -0.2) is 4.39 Å². The van der Waals surface area contributed by atoms with Gasteiger partial charge in [0.25, 0.3) is 0 Å². The van der Waals surface area contributed by atoms with Crippen molar-refractivity contribution in [2.75, 3.05) is 32.5 Å². The average Bonchev–Trinajstić information content (AvgIpc) is 2.41. The molecule has 0 unspecified atom stereocenters. The summed E-state index contributed by atoms with van der Waals surface area (Å²) in [5, 5.41) is 0. The molecular formula is C14H20FNO2S. The summed E-state index contributed by atoms with van der Waals surface area (Å²) in [6, 6.07) is 6.45. The zero-order chi connectivity index (χ0) is 14.1. The third-order valence-electron chi connectivity index (χ3n) is 2.61. The molecule has 0 N–H and O–H groups in total. The van der Waals surface area contributed by atoms with Crippen LogP contribution in [0.2, 0.25) is 0 Å². The predicted molar refractivity (Wildman–Crippen MR) is 75.9 cm³/mol. The van der Waals surface area contributed by atoms with E-state index in [1.54, 1.807) is 23.9 Å². The Morgan fingerprint density at radius 2 is 2.00 bits per heavy atom. The molecule has 106 valence electrons. The van der Waals surface area contributed by atoms with Crippen LogP contribution in [0.25, 0.3) is 0 Å². The quantitative estimate of drug-likeness (QED) is 0.542. The number of esters is 1. The predicted octanol–water partition coefficient (Wildman–Crippen LogP) is 2.80. The molecule has 1 aromatic rings. The molecular weight excluding hydrogens is 265 g/mol. The van der Waals surface area contributed by atoms with Gasteiger partial charge in [0.1, 0.15) is 5.82 Å². The van der Waals surface area contributed by atoms with Gasteiger partial charge < -0.3 is 4.74 Å². The lowest BCUT2D eigenvalue weighted by Gasteiger charge is -2.19. The lowest BCUT2D eigenvalue weighted by atomic mass is 10.4. The van der Waals surface area contributed by atoms with E-state index in [0.29, 0.717) is 6.54 Å². The van der Waals surface area contributed by atoms with Gasteiger partial charge in [-0.2, -0.15) is 0 Å². The van der Waals surface area contributed by atoms with E-state index in [-0.39, 0.29) is 11.8 Å². The minimum atomic E-state index is -0.220. The Hall–Kier alpha value is -1.07. The lowest BCUT2D eigenvalue weighted by molar-refractivity contribution is -0.141. The van der Waals surface area contributed by atoms with Crippen LogP contribution in [0.15, 0.2) is 29.2 Å². The summed E-state index contributed by atoms with van der Waals surface area (Å²) < 4.78 is 17.4. The second kappa shape index (κ2) is 8.93. The third-order valence-corrected chi connectivity index (χ3v) is 3.60. The summed E-state index contributed by atoms with van der Waals surface area (Å²) in [6.07, 6.45) is 0.998. The van der Waals surface area contributed by atoms with Gasteiger partial charge in [-0.3, -0.25) is 9.69 Å². The zero-order valence-corrected chi connectivity index (χ0v) is 12.2. The molecule has 0 atom stereocenters. The second-order valence-corrected chi connectivity index (χ2v) is 5.32. The minimum Gasteiger partial charge on any atom is -0.468 e. The van der Waals surface area contributed by atoms with Crippen molar-refractivity contribution >= 4 is 17.7 Å². The highest BCUT2D eigenvalue weighted by molar-refractivity contribution is 7.99. The number of carbonyl (C=O) groups excluding carboxylic acids is 1. The monoisotopic (exact) mass is 285 g/mol. The van der Waals surface area contributed by atoms with Gasteiger partial charge in [0.15, 0.2) is 0 Å². The van der Waals surface area contributed by atoms with Gasteiger partial charge in [0.05, 0.1) is 13.7 Å². The van der Waals surface area contributed by atoms with Crippen molar-refractivity contribution in [1.82, 2.24) is 4.90 Å². The maximum atomic E-state index is 12.8. The van der Waals surface area contributed by atoms with E-state index in [1.165, 1.54) is 19.2 Å². The number of ether oxygens (including phenoxy) is 1. The molecule has 0 fully saturated rings.